The normalized spacial score (nSPS) is 14.2. The number of para-hydroxylation sites is 2. The van der Waals surface area contributed by atoms with Gasteiger partial charge in [-0.05, 0) is 44.0 Å². The van der Waals surface area contributed by atoms with E-state index in [2.05, 4.69) is 5.32 Å². The van der Waals surface area contributed by atoms with E-state index >= 15 is 0 Å². The number of nitrogens with one attached hydrogen (secondary N) is 1. The minimum Gasteiger partial charge on any atom is -0.497 e. The van der Waals surface area contributed by atoms with Crippen molar-refractivity contribution in [3.05, 3.63) is 48.0 Å². The van der Waals surface area contributed by atoms with E-state index in [0.717, 1.165) is 0 Å². The molecule has 0 spiro atoms. The van der Waals surface area contributed by atoms with E-state index in [1.54, 1.807) is 37.3 Å². The summed E-state index contributed by atoms with van der Waals surface area (Å²) in [7, 11) is 3.10. The maximum Gasteiger partial charge on any atom is 0.254 e. The fourth-order valence-corrected chi connectivity index (χ4v) is 3.54. The van der Waals surface area contributed by atoms with Crippen molar-refractivity contribution in [2.24, 2.45) is 5.92 Å². The molecule has 0 radical (unpaired) electrons. The third-order valence-corrected chi connectivity index (χ3v) is 5.20. The molecule has 3 rings (SSSR count). The second-order valence-corrected chi connectivity index (χ2v) is 7.09. The number of hydrogen-bond donors (Lipinski definition) is 1. The molecule has 0 aromatic heterocycles. The molecule has 0 aliphatic carbocycles. The number of ether oxygens (including phenoxy) is 3. The van der Waals surface area contributed by atoms with E-state index in [4.69, 9.17) is 14.2 Å². The number of amides is 2. The molecule has 2 aromatic carbocycles. The first-order valence-corrected chi connectivity index (χ1v) is 10.1. The molecule has 0 atom stereocenters. The highest BCUT2D eigenvalue weighted by atomic mass is 16.5. The number of likely N-dealkylation sites (tertiary alicyclic amines) is 1. The number of benzene rings is 2. The van der Waals surface area contributed by atoms with E-state index in [-0.39, 0.29) is 17.7 Å². The Morgan fingerprint density at radius 2 is 1.67 bits per heavy atom. The van der Waals surface area contributed by atoms with E-state index in [1.807, 2.05) is 31.2 Å². The first-order chi connectivity index (χ1) is 14.5. The Morgan fingerprint density at radius 3 is 2.27 bits per heavy atom. The number of rotatable bonds is 7. The van der Waals surface area contributed by atoms with E-state index in [9.17, 15) is 9.59 Å². The average Bonchev–Trinajstić information content (AvgIpc) is 2.79. The number of nitrogens with zero attached hydrogens (tertiary/aromatic N) is 1. The number of carbonyl (C=O) groups excluding carboxylic acids is 2. The van der Waals surface area contributed by atoms with Crippen LogP contribution in [-0.4, -0.2) is 50.6 Å². The Morgan fingerprint density at radius 1 is 1.03 bits per heavy atom. The van der Waals surface area contributed by atoms with Crippen molar-refractivity contribution in [3.63, 3.8) is 0 Å². The fourth-order valence-electron chi connectivity index (χ4n) is 3.54. The zero-order valence-electron chi connectivity index (χ0n) is 17.6. The predicted octanol–water partition coefficient (Wildman–Crippen LogP) is 3.59. The van der Waals surface area contributed by atoms with Crippen LogP contribution in [0.2, 0.25) is 0 Å². The van der Waals surface area contributed by atoms with Gasteiger partial charge in [-0.25, -0.2) is 0 Å². The lowest BCUT2D eigenvalue weighted by Gasteiger charge is -2.31. The highest BCUT2D eigenvalue weighted by Crippen LogP contribution is 2.28. The molecule has 1 aliphatic rings. The molecule has 0 unspecified atom stereocenters. The highest BCUT2D eigenvalue weighted by Gasteiger charge is 2.28. The molecule has 1 aliphatic heterocycles. The number of hydrogen-bond acceptors (Lipinski definition) is 5. The molecule has 30 heavy (non-hydrogen) atoms. The maximum atomic E-state index is 12.9. The van der Waals surface area contributed by atoms with Gasteiger partial charge in [0.15, 0.2) is 0 Å². The Bertz CT molecular complexity index is 869. The van der Waals surface area contributed by atoms with Crippen LogP contribution in [0.4, 0.5) is 5.69 Å². The van der Waals surface area contributed by atoms with Crippen LogP contribution in [0.1, 0.15) is 30.1 Å². The lowest BCUT2D eigenvalue weighted by atomic mass is 9.95. The smallest absolute Gasteiger partial charge is 0.254 e. The van der Waals surface area contributed by atoms with Gasteiger partial charge in [-0.2, -0.15) is 0 Å². The fraction of sp³-hybridized carbons (Fsp3) is 0.391. The Labute approximate surface area is 176 Å². The van der Waals surface area contributed by atoms with Crippen molar-refractivity contribution in [2.45, 2.75) is 19.8 Å². The molecule has 0 bridgehead atoms. The van der Waals surface area contributed by atoms with Gasteiger partial charge in [0.05, 0.1) is 26.5 Å². The van der Waals surface area contributed by atoms with Gasteiger partial charge in [-0.3, -0.25) is 9.59 Å². The summed E-state index contributed by atoms with van der Waals surface area (Å²) in [6, 6.07) is 12.5. The van der Waals surface area contributed by atoms with Crippen molar-refractivity contribution in [1.82, 2.24) is 4.90 Å². The summed E-state index contributed by atoms with van der Waals surface area (Å²) in [6.45, 7) is 3.47. The third-order valence-electron chi connectivity index (χ3n) is 5.20. The second kappa shape index (κ2) is 10.0. The Hall–Kier alpha value is -3.22. The topological polar surface area (TPSA) is 77.1 Å². The summed E-state index contributed by atoms with van der Waals surface area (Å²) in [5.74, 6) is 1.52. The minimum atomic E-state index is -0.149. The quantitative estimate of drug-likeness (QED) is 0.752. The summed E-state index contributed by atoms with van der Waals surface area (Å²) in [5.41, 5.74) is 1.19. The largest absolute Gasteiger partial charge is 0.497 e. The summed E-state index contributed by atoms with van der Waals surface area (Å²) >= 11 is 0. The summed E-state index contributed by atoms with van der Waals surface area (Å²) < 4.78 is 16.1. The van der Waals surface area contributed by atoms with Crippen molar-refractivity contribution in [3.8, 4) is 17.2 Å². The number of anilines is 1. The molecule has 1 N–H and O–H groups in total. The van der Waals surface area contributed by atoms with E-state index in [1.165, 1.54) is 0 Å². The number of methoxy groups -OCH3 is 2. The summed E-state index contributed by atoms with van der Waals surface area (Å²) in [4.78, 5) is 27.4. The minimum absolute atomic E-state index is 0.0442. The number of carbonyl (C=O) groups is 2. The van der Waals surface area contributed by atoms with Crippen molar-refractivity contribution < 1.29 is 23.8 Å². The van der Waals surface area contributed by atoms with Crippen LogP contribution in [0, 0.1) is 5.92 Å². The molecule has 2 aromatic rings. The van der Waals surface area contributed by atoms with Gasteiger partial charge in [0.1, 0.15) is 17.2 Å². The second-order valence-electron chi connectivity index (χ2n) is 7.09. The van der Waals surface area contributed by atoms with Gasteiger partial charge in [0.2, 0.25) is 5.91 Å². The zero-order chi connectivity index (χ0) is 21.5. The molecule has 1 heterocycles. The maximum absolute atomic E-state index is 12.9. The molecular formula is C23H28N2O5. The molecule has 7 heteroatoms. The molecule has 1 fully saturated rings. The first kappa shape index (κ1) is 21.5. The first-order valence-electron chi connectivity index (χ1n) is 10.1. The molecule has 2 amide bonds. The van der Waals surface area contributed by atoms with Gasteiger partial charge in [0, 0.05) is 30.6 Å². The van der Waals surface area contributed by atoms with Crippen LogP contribution < -0.4 is 19.5 Å². The van der Waals surface area contributed by atoms with E-state index in [0.29, 0.717) is 61.0 Å². The summed E-state index contributed by atoms with van der Waals surface area (Å²) in [6.07, 6.45) is 1.21. The monoisotopic (exact) mass is 412 g/mol. The van der Waals surface area contributed by atoms with Crippen LogP contribution in [0.25, 0.3) is 0 Å². The molecular weight excluding hydrogens is 384 g/mol. The molecule has 160 valence electrons. The standard InChI is InChI=1S/C23H28N2O5/c1-4-30-21-8-6-5-7-20(21)24-22(26)16-9-11-25(12-10-16)23(27)17-13-18(28-2)15-19(14-17)29-3/h5-8,13-16H,4,9-12H2,1-3H3,(H,24,26). The van der Waals surface area contributed by atoms with Crippen molar-refractivity contribution >= 4 is 17.5 Å². The van der Waals surface area contributed by atoms with Gasteiger partial charge in [0.25, 0.3) is 5.91 Å². The molecule has 1 saturated heterocycles. The van der Waals surface area contributed by atoms with Crippen LogP contribution in [0.5, 0.6) is 17.2 Å². The van der Waals surface area contributed by atoms with Gasteiger partial charge < -0.3 is 24.4 Å². The summed E-state index contributed by atoms with van der Waals surface area (Å²) in [5, 5.41) is 2.97. The average molecular weight is 412 g/mol. The number of piperidine rings is 1. The van der Waals surface area contributed by atoms with Crippen molar-refractivity contribution in [2.75, 3.05) is 39.2 Å². The van der Waals surface area contributed by atoms with Crippen LogP contribution >= 0.6 is 0 Å². The highest BCUT2D eigenvalue weighted by molar-refractivity contribution is 5.96. The lowest BCUT2D eigenvalue weighted by Crippen LogP contribution is -2.41. The van der Waals surface area contributed by atoms with Crippen LogP contribution in [-0.2, 0) is 4.79 Å². The van der Waals surface area contributed by atoms with Gasteiger partial charge in [-0.1, -0.05) is 12.1 Å². The van der Waals surface area contributed by atoms with Crippen LogP contribution in [0.3, 0.4) is 0 Å². The SMILES string of the molecule is CCOc1ccccc1NC(=O)C1CCN(C(=O)c2cc(OC)cc(OC)c2)CC1. The van der Waals surface area contributed by atoms with Crippen molar-refractivity contribution in [1.29, 1.82) is 0 Å². The molecule has 7 nitrogen and oxygen atoms in total. The Kier molecular flexibility index (Phi) is 7.17. The van der Waals surface area contributed by atoms with Crippen LogP contribution in [0.15, 0.2) is 42.5 Å². The zero-order valence-corrected chi connectivity index (χ0v) is 17.6. The lowest BCUT2D eigenvalue weighted by molar-refractivity contribution is -0.121. The van der Waals surface area contributed by atoms with Gasteiger partial charge in [-0.15, -0.1) is 0 Å². The predicted molar refractivity (Wildman–Crippen MR) is 114 cm³/mol. The Balaban J connectivity index is 1.61. The van der Waals surface area contributed by atoms with Gasteiger partial charge >= 0.3 is 0 Å². The van der Waals surface area contributed by atoms with E-state index < -0.39 is 0 Å². The third kappa shape index (κ3) is 5.03. The molecule has 0 saturated carbocycles.